The zero-order chi connectivity index (χ0) is 19.1. The van der Waals surface area contributed by atoms with Gasteiger partial charge in [0.15, 0.2) is 17.1 Å². The number of amides is 1. The van der Waals surface area contributed by atoms with Crippen LogP contribution in [0.1, 0.15) is 34.6 Å². The SMILES string of the molecule is CCn1ncc(-c2ccnc3cc(C(=O)Nc4c(C)noc4C)nn23)c1C. The summed E-state index contributed by atoms with van der Waals surface area (Å²) in [5, 5.41) is 15.5. The summed E-state index contributed by atoms with van der Waals surface area (Å²) in [6, 6.07) is 3.51. The molecule has 0 saturated heterocycles. The van der Waals surface area contributed by atoms with E-state index in [2.05, 4.69) is 25.7 Å². The van der Waals surface area contributed by atoms with Crippen molar-refractivity contribution < 1.29 is 9.32 Å². The lowest BCUT2D eigenvalue weighted by Gasteiger charge is -2.05. The lowest BCUT2D eigenvalue weighted by atomic mass is 10.2. The quantitative estimate of drug-likeness (QED) is 0.596. The van der Waals surface area contributed by atoms with Crippen LogP contribution in [0.25, 0.3) is 16.9 Å². The van der Waals surface area contributed by atoms with Gasteiger partial charge in [-0.15, -0.1) is 0 Å². The van der Waals surface area contributed by atoms with E-state index in [0.29, 0.717) is 22.8 Å². The van der Waals surface area contributed by atoms with Crippen molar-refractivity contribution in [3.05, 3.63) is 47.4 Å². The summed E-state index contributed by atoms with van der Waals surface area (Å²) in [7, 11) is 0. The molecular weight excluding hydrogens is 346 g/mol. The largest absolute Gasteiger partial charge is 0.359 e. The molecule has 0 aliphatic rings. The van der Waals surface area contributed by atoms with E-state index in [1.807, 2.05) is 24.6 Å². The molecule has 0 spiro atoms. The molecule has 1 amide bonds. The minimum atomic E-state index is -0.346. The highest BCUT2D eigenvalue weighted by atomic mass is 16.5. The first-order chi connectivity index (χ1) is 13.0. The molecular formula is C18H19N7O2. The highest BCUT2D eigenvalue weighted by Crippen LogP contribution is 2.24. The van der Waals surface area contributed by atoms with Gasteiger partial charge in [0.05, 0.1) is 11.9 Å². The van der Waals surface area contributed by atoms with Gasteiger partial charge < -0.3 is 9.84 Å². The van der Waals surface area contributed by atoms with Crippen LogP contribution in [0.2, 0.25) is 0 Å². The fraction of sp³-hybridized carbons (Fsp3) is 0.278. The molecule has 0 saturated carbocycles. The van der Waals surface area contributed by atoms with Crippen molar-refractivity contribution in [3.63, 3.8) is 0 Å². The average Bonchev–Trinajstić information content (AvgIpc) is 3.34. The van der Waals surface area contributed by atoms with Gasteiger partial charge in [0.25, 0.3) is 5.91 Å². The Kier molecular flexibility index (Phi) is 3.98. The number of nitrogens with one attached hydrogen (secondary N) is 1. The minimum absolute atomic E-state index is 0.260. The molecule has 1 N–H and O–H groups in total. The standard InChI is InChI=1S/C18H19N7O2/c1-5-24-11(3)13(9-20-24)15-6-7-19-16-8-14(22-25(15)16)18(26)21-17-10(2)23-27-12(17)4/h6-9H,5H2,1-4H3,(H,21,26). The molecule has 9 nitrogen and oxygen atoms in total. The van der Waals surface area contributed by atoms with E-state index in [4.69, 9.17) is 4.52 Å². The Labute approximate surface area is 155 Å². The molecule has 27 heavy (non-hydrogen) atoms. The topological polar surface area (TPSA) is 103 Å². The normalized spacial score (nSPS) is 11.3. The van der Waals surface area contributed by atoms with Crippen LogP contribution in [0.4, 0.5) is 5.69 Å². The summed E-state index contributed by atoms with van der Waals surface area (Å²) >= 11 is 0. The van der Waals surface area contributed by atoms with Gasteiger partial charge in [0.1, 0.15) is 11.4 Å². The van der Waals surface area contributed by atoms with Crippen LogP contribution in [0.15, 0.2) is 29.0 Å². The molecule has 138 valence electrons. The number of nitrogens with zero attached hydrogens (tertiary/aromatic N) is 6. The van der Waals surface area contributed by atoms with Crippen LogP contribution in [-0.2, 0) is 6.54 Å². The fourth-order valence-corrected chi connectivity index (χ4v) is 3.07. The van der Waals surface area contributed by atoms with Crippen LogP contribution < -0.4 is 5.32 Å². The van der Waals surface area contributed by atoms with Gasteiger partial charge in [-0.3, -0.25) is 9.48 Å². The Morgan fingerprint density at radius 2 is 2.11 bits per heavy atom. The van der Waals surface area contributed by atoms with Gasteiger partial charge in [-0.25, -0.2) is 9.50 Å². The number of rotatable bonds is 4. The van der Waals surface area contributed by atoms with Gasteiger partial charge >= 0.3 is 0 Å². The molecule has 0 aliphatic carbocycles. The predicted molar refractivity (Wildman–Crippen MR) is 98.5 cm³/mol. The highest BCUT2D eigenvalue weighted by Gasteiger charge is 2.19. The molecule has 0 aliphatic heterocycles. The van der Waals surface area contributed by atoms with Crippen molar-refractivity contribution in [2.75, 3.05) is 5.32 Å². The number of carbonyl (C=O) groups is 1. The Balaban J connectivity index is 1.74. The third-order valence-corrected chi connectivity index (χ3v) is 4.54. The van der Waals surface area contributed by atoms with Crippen LogP contribution in [0, 0.1) is 20.8 Å². The van der Waals surface area contributed by atoms with Gasteiger partial charge in [0.2, 0.25) is 0 Å². The van der Waals surface area contributed by atoms with Gasteiger partial charge in [-0.1, -0.05) is 5.16 Å². The number of aryl methyl sites for hydroxylation is 3. The molecule has 4 aromatic rings. The molecule has 4 aromatic heterocycles. The summed E-state index contributed by atoms with van der Waals surface area (Å²) in [5.74, 6) is 0.202. The first-order valence-electron chi connectivity index (χ1n) is 8.61. The summed E-state index contributed by atoms with van der Waals surface area (Å²) in [5.41, 5.74) is 4.83. The summed E-state index contributed by atoms with van der Waals surface area (Å²) in [6.07, 6.45) is 3.50. The maximum atomic E-state index is 12.7. The van der Waals surface area contributed by atoms with Crippen molar-refractivity contribution in [1.29, 1.82) is 0 Å². The van der Waals surface area contributed by atoms with Crippen molar-refractivity contribution in [2.45, 2.75) is 34.2 Å². The van der Waals surface area contributed by atoms with Gasteiger partial charge in [-0.2, -0.15) is 10.2 Å². The van der Waals surface area contributed by atoms with E-state index < -0.39 is 0 Å². The third-order valence-electron chi connectivity index (χ3n) is 4.54. The second-order valence-electron chi connectivity index (χ2n) is 6.24. The Hall–Kier alpha value is -3.49. The van der Waals surface area contributed by atoms with E-state index in [1.165, 1.54) is 0 Å². The van der Waals surface area contributed by atoms with E-state index in [-0.39, 0.29) is 11.6 Å². The van der Waals surface area contributed by atoms with Gasteiger partial charge in [-0.05, 0) is 33.8 Å². The van der Waals surface area contributed by atoms with E-state index >= 15 is 0 Å². The van der Waals surface area contributed by atoms with Gasteiger partial charge in [0, 0.05) is 30.1 Å². The first kappa shape index (κ1) is 17.0. The first-order valence-corrected chi connectivity index (χ1v) is 8.61. The van der Waals surface area contributed by atoms with E-state index in [0.717, 1.165) is 23.5 Å². The van der Waals surface area contributed by atoms with Crippen LogP contribution in [0.3, 0.4) is 0 Å². The van der Waals surface area contributed by atoms with Crippen LogP contribution >= 0.6 is 0 Å². The molecule has 0 fully saturated rings. The van der Waals surface area contributed by atoms with Crippen LogP contribution in [-0.4, -0.2) is 35.4 Å². The molecule has 4 rings (SSSR count). The summed E-state index contributed by atoms with van der Waals surface area (Å²) < 4.78 is 8.65. The van der Waals surface area contributed by atoms with Crippen molar-refractivity contribution >= 4 is 17.2 Å². The summed E-state index contributed by atoms with van der Waals surface area (Å²) in [6.45, 7) is 8.34. The zero-order valence-electron chi connectivity index (χ0n) is 15.5. The molecule has 0 bridgehead atoms. The Morgan fingerprint density at radius 1 is 1.30 bits per heavy atom. The molecule has 0 unspecified atom stereocenters. The molecule has 4 heterocycles. The third kappa shape index (κ3) is 2.77. The maximum absolute atomic E-state index is 12.7. The second-order valence-corrected chi connectivity index (χ2v) is 6.24. The second kappa shape index (κ2) is 6.35. The number of hydrogen-bond donors (Lipinski definition) is 1. The average molecular weight is 365 g/mol. The predicted octanol–water partition coefficient (Wildman–Crippen LogP) is 2.78. The van der Waals surface area contributed by atoms with Crippen molar-refractivity contribution in [1.82, 2.24) is 29.5 Å². The molecule has 9 heteroatoms. The fourth-order valence-electron chi connectivity index (χ4n) is 3.07. The Bertz CT molecular complexity index is 1130. The lowest BCUT2D eigenvalue weighted by molar-refractivity contribution is 0.102. The smallest absolute Gasteiger partial charge is 0.276 e. The molecule has 0 radical (unpaired) electrons. The lowest BCUT2D eigenvalue weighted by Crippen LogP contribution is -2.13. The Morgan fingerprint density at radius 3 is 2.78 bits per heavy atom. The summed E-state index contributed by atoms with van der Waals surface area (Å²) in [4.78, 5) is 17.0. The maximum Gasteiger partial charge on any atom is 0.276 e. The van der Waals surface area contributed by atoms with E-state index in [1.54, 1.807) is 36.8 Å². The molecule has 0 atom stereocenters. The van der Waals surface area contributed by atoms with Crippen molar-refractivity contribution in [2.24, 2.45) is 0 Å². The number of fused-ring (bicyclic) bond motifs is 1. The number of anilines is 1. The minimum Gasteiger partial charge on any atom is -0.359 e. The monoisotopic (exact) mass is 365 g/mol. The molecule has 0 aromatic carbocycles. The number of hydrogen-bond acceptors (Lipinski definition) is 6. The van der Waals surface area contributed by atoms with Crippen molar-refractivity contribution in [3.8, 4) is 11.3 Å². The zero-order valence-corrected chi connectivity index (χ0v) is 15.5. The highest BCUT2D eigenvalue weighted by molar-refractivity contribution is 6.04. The number of aromatic nitrogens is 6. The van der Waals surface area contributed by atoms with E-state index in [9.17, 15) is 4.79 Å². The number of carbonyl (C=O) groups excluding carboxylic acids is 1. The van der Waals surface area contributed by atoms with Crippen LogP contribution in [0.5, 0.6) is 0 Å².